The highest BCUT2D eigenvalue weighted by Crippen LogP contribution is 2.35. The van der Waals surface area contributed by atoms with Gasteiger partial charge in [-0.3, -0.25) is 14.2 Å². The maximum absolute atomic E-state index is 14.0. The molecular formula is C28H30N4O2S2. The molecule has 0 saturated heterocycles. The molecule has 0 spiro atoms. The Hall–Kier alpha value is -3.10. The summed E-state index contributed by atoms with van der Waals surface area (Å²) >= 11 is 2.94. The number of amides is 1. The molecule has 0 bridgehead atoms. The molecule has 4 aromatic rings. The van der Waals surface area contributed by atoms with Crippen LogP contribution in [0.4, 0.5) is 11.4 Å². The average molecular weight is 519 g/mol. The molecule has 8 heteroatoms. The molecule has 0 fully saturated rings. The molecule has 0 saturated carbocycles. The predicted molar refractivity (Wildman–Crippen MR) is 151 cm³/mol. The molecule has 0 unspecified atom stereocenters. The lowest BCUT2D eigenvalue weighted by molar-refractivity contribution is -0.113. The summed E-state index contributed by atoms with van der Waals surface area (Å²) in [7, 11) is 3.96. The smallest absolute Gasteiger partial charge is 0.267 e. The molecule has 2 heterocycles. The first-order chi connectivity index (χ1) is 17.3. The number of carbonyl (C=O) groups is 1. The number of hydrogen-bond acceptors (Lipinski definition) is 6. The van der Waals surface area contributed by atoms with Crippen molar-refractivity contribution in [2.75, 3.05) is 30.1 Å². The molecule has 1 aliphatic rings. The van der Waals surface area contributed by atoms with E-state index in [2.05, 4.69) is 11.4 Å². The topological polar surface area (TPSA) is 67.2 Å². The lowest BCUT2D eigenvalue weighted by Crippen LogP contribution is -2.24. The monoisotopic (exact) mass is 518 g/mol. The number of aromatic nitrogens is 2. The van der Waals surface area contributed by atoms with Crippen molar-refractivity contribution in [1.29, 1.82) is 0 Å². The van der Waals surface area contributed by atoms with Crippen LogP contribution in [0.25, 0.3) is 15.9 Å². The number of anilines is 2. The summed E-state index contributed by atoms with van der Waals surface area (Å²) < 4.78 is 1.71. The van der Waals surface area contributed by atoms with E-state index in [0.717, 1.165) is 64.1 Å². The highest BCUT2D eigenvalue weighted by atomic mass is 32.2. The van der Waals surface area contributed by atoms with Gasteiger partial charge in [-0.15, -0.1) is 11.3 Å². The summed E-state index contributed by atoms with van der Waals surface area (Å²) in [5.41, 5.74) is 5.91. The highest BCUT2D eigenvalue weighted by molar-refractivity contribution is 7.99. The van der Waals surface area contributed by atoms with Gasteiger partial charge in [-0.2, -0.15) is 0 Å². The second-order valence-corrected chi connectivity index (χ2v) is 11.5. The van der Waals surface area contributed by atoms with Crippen LogP contribution in [-0.2, 0) is 17.6 Å². The zero-order chi connectivity index (χ0) is 25.4. The Kier molecular flexibility index (Phi) is 6.90. The van der Waals surface area contributed by atoms with Gasteiger partial charge in [-0.25, -0.2) is 4.98 Å². The highest BCUT2D eigenvalue weighted by Gasteiger charge is 2.23. The number of hydrogen-bond donors (Lipinski definition) is 1. The van der Waals surface area contributed by atoms with Crippen LogP contribution < -0.4 is 15.8 Å². The van der Waals surface area contributed by atoms with Crippen molar-refractivity contribution in [2.24, 2.45) is 0 Å². The number of thioether (sulfide) groups is 1. The van der Waals surface area contributed by atoms with E-state index in [-0.39, 0.29) is 17.2 Å². The molecule has 2 aromatic carbocycles. The van der Waals surface area contributed by atoms with Gasteiger partial charge in [-0.1, -0.05) is 29.5 Å². The molecule has 36 heavy (non-hydrogen) atoms. The Labute approximate surface area is 219 Å². The third kappa shape index (κ3) is 4.80. The Morgan fingerprint density at radius 1 is 1.11 bits per heavy atom. The summed E-state index contributed by atoms with van der Waals surface area (Å²) in [4.78, 5) is 35.8. The van der Waals surface area contributed by atoms with E-state index in [4.69, 9.17) is 4.98 Å². The lowest BCUT2D eigenvalue weighted by Gasteiger charge is -2.16. The Balaban J connectivity index is 1.49. The third-order valence-corrected chi connectivity index (χ3v) is 8.68. The Morgan fingerprint density at radius 2 is 1.86 bits per heavy atom. The normalized spacial score (nSPS) is 13.0. The van der Waals surface area contributed by atoms with Gasteiger partial charge in [0.25, 0.3) is 5.56 Å². The average Bonchev–Trinajstić information content (AvgIpc) is 3.22. The van der Waals surface area contributed by atoms with E-state index >= 15 is 0 Å². The van der Waals surface area contributed by atoms with Crippen LogP contribution in [0.5, 0.6) is 0 Å². The largest absolute Gasteiger partial charge is 0.378 e. The standard InChI is InChI=1S/C28H30N4O2S2/c1-17-9-14-22(18(2)15-17)32-27(34)25-21-7-5-6-8-23(21)36-26(25)30-28(32)35-16-24(33)29-19-10-12-20(13-11-19)31(3)4/h9-15H,5-8,16H2,1-4H3,(H,29,33). The zero-order valence-corrected chi connectivity index (χ0v) is 22.7. The first kappa shape index (κ1) is 24.6. The fraction of sp³-hybridized carbons (Fsp3) is 0.321. The van der Waals surface area contributed by atoms with Crippen LogP contribution in [0.15, 0.2) is 52.4 Å². The first-order valence-corrected chi connectivity index (χ1v) is 14.0. The summed E-state index contributed by atoms with van der Waals surface area (Å²) in [5.74, 6) is 0.0215. The maximum atomic E-state index is 14.0. The quantitative estimate of drug-likeness (QED) is 0.260. The van der Waals surface area contributed by atoms with Crippen LogP contribution in [0, 0.1) is 13.8 Å². The molecule has 5 rings (SSSR count). The predicted octanol–water partition coefficient (Wildman–Crippen LogP) is 5.74. The first-order valence-electron chi connectivity index (χ1n) is 12.2. The molecule has 0 atom stereocenters. The molecule has 6 nitrogen and oxygen atoms in total. The number of fused-ring (bicyclic) bond motifs is 3. The van der Waals surface area contributed by atoms with Crippen LogP contribution in [0.1, 0.15) is 34.4 Å². The van der Waals surface area contributed by atoms with Crippen molar-refractivity contribution in [3.05, 3.63) is 74.4 Å². The molecule has 1 N–H and O–H groups in total. The van der Waals surface area contributed by atoms with Gasteiger partial charge >= 0.3 is 0 Å². The van der Waals surface area contributed by atoms with E-state index in [1.54, 1.807) is 15.9 Å². The summed E-state index contributed by atoms with van der Waals surface area (Å²) in [5, 5.41) is 4.26. The van der Waals surface area contributed by atoms with Crippen molar-refractivity contribution >= 4 is 50.6 Å². The van der Waals surface area contributed by atoms with Crippen molar-refractivity contribution in [2.45, 2.75) is 44.7 Å². The van der Waals surface area contributed by atoms with Gasteiger partial charge in [0, 0.05) is 30.3 Å². The molecule has 1 aliphatic carbocycles. The molecule has 186 valence electrons. The van der Waals surface area contributed by atoms with E-state index in [1.165, 1.54) is 22.2 Å². The van der Waals surface area contributed by atoms with Gasteiger partial charge in [0.05, 0.1) is 16.8 Å². The van der Waals surface area contributed by atoms with E-state index in [0.29, 0.717) is 5.16 Å². The molecule has 0 radical (unpaired) electrons. The Bertz CT molecular complexity index is 1500. The van der Waals surface area contributed by atoms with E-state index in [9.17, 15) is 9.59 Å². The summed E-state index contributed by atoms with van der Waals surface area (Å²) in [6.07, 6.45) is 4.20. The minimum atomic E-state index is -0.135. The van der Waals surface area contributed by atoms with Crippen molar-refractivity contribution in [3.8, 4) is 5.69 Å². The zero-order valence-electron chi connectivity index (χ0n) is 21.1. The maximum Gasteiger partial charge on any atom is 0.267 e. The number of nitrogens with one attached hydrogen (secondary N) is 1. The summed E-state index contributed by atoms with van der Waals surface area (Å²) in [6, 6.07) is 13.8. The van der Waals surface area contributed by atoms with E-state index < -0.39 is 0 Å². The number of thiophene rings is 1. The van der Waals surface area contributed by atoms with Crippen LogP contribution in [0.3, 0.4) is 0 Å². The van der Waals surface area contributed by atoms with Gasteiger partial charge in [-0.05, 0) is 81.0 Å². The van der Waals surface area contributed by atoms with Crippen LogP contribution in [0.2, 0.25) is 0 Å². The number of aryl methyl sites for hydroxylation is 4. The number of nitrogens with zero attached hydrogens (tertiary/aromatic N) is 3. The third-order valence-electron chi connectivity index (χ3n) is 6.55. The second-order valence-electron chi connectivity index (χ2n) is 9.49. The van der Waals surface area contributed by atoms with Crippen molar-refractivity contribution < 1.29 is 4.79 Å². The number of rotatable bonds is 6. The minimum Gasteiger partial charge on any atom is -0.378 e. The molecule has 0 aliphatic heterocycles. The van der Waals surface area contributed by atoms with Crippen LogP contribution in [-0.4, -0.2) is 35.3 Å². The number of benzene rings is 2. The SMILES string of the molecule is Cc1ccc(-n2c(SCC(=O)Nc3ccc(N(C)C)cc3)nc3sc4c(c3c2=O)CCCC4)c(C)c1. The second kappa shape index (κ2) is 10.1. The van der Waals surface area contributed by atoms with Gasteiger partial charge in [0.2, 0.25) is 5.91 Å². The fourth-order valence-corrected chi connectivity index (χ4v) is 6.83. The molecule has 2 aromatic heterocycles. The Morgan fingerprint density at radius 3 is 2.58 bits per heavy atom. The molecule has 1 amide bonds. The summed E-state index contributed by atoms with van der Waals surface area (Å²) in [6.45, 7) is 4.06. The van der Waals surface area contributed by atoms with Gasteiger partial charge in [0.15, 0.2) is 5.16 Å². The van der Waals surface area contributed by atoms with Crippen molar-refractivity contribution in [3.63, 3.8) is 0 Å². The number of carbonyl (C=O) groups excluding carboxylic acids is 1. The van der Waals surface area contributed by atoms with Gasteiger partial charge in [0.1, 0.15) is 4.83 Å². The van der Waals surface area contributed by atoms with Crippen LogP contribution >= 0.6 is 23.1 Å². The van der Waals surface area contributed by atoms with E-state index in [1.807, 2.05) is 69.2 Å². The van der Waals surface area contributed by atoms with Gasteiger partial charge < -0.3 is 10.2 Å². The minimum absolute atomic E-state index is 0.0338. The van der Waals surface area contributed by atoms with Crippen molar-refractivity contribution in [1.82, 2.24) is 9.55 Å². The fourth-order valence-electron chi connectivity index (χ4n) is 4.72. The lowest BCUT2D eigenvalue weighted by atomic mass is 9.97. The molecular weight excluding hydrogens is 488 g/mol.